The number of rotatable bonds is 5. The first-order valence-electron chi connectivity index (χ1n) is 6.94. The largest absolute Gasteiger partial charge is 0.377 e. The summed E-state index contributed by atoms with van der Waals surface area (Å²) in [4.78, 5) is 13.8. The summed E-state index contributed by atoms with van der Waals surface area (Å²) in [5, 5.41) is 0. The van der Waals surface area contributed by atoms with E-state index in [2.05, 4.69) is 15.9 Å². The van der Waals surface area contributed by atoms with Gasteiger partial charge in [-0.1, -0.05) is 28.1 Å². The van der Waals surface area contributed by atoms with Gasteiger partial charge in [0, 0.05) is 17.6 Å². The van der Waals surface area contributed by atoms with E-state index < -0.39 is 6.04 Å². The van der Waals surface area contributed by atoms with E-state index in [9.17, 15) is 4.79 Å². The molecule has 0 aliphatic carbocycles. The van der Waals surface area contributed by atoms with Crippen LogP contribution < -0.4 is 5.73 Å². The van der Waals surface area contributed by atoms with Crippen LogP contribution in [0.1, 0.15) is 30.9 Å². The molecule has 0 spiro atoms. The lowest BCUT2D eigenvalue weighted by Crippen LogP contribution is -2.41. The van der Waals surface area contributed by atoms with Crippen LogP contribution in [-0.2, 0) is 9.53 Å². The Labute approximate surface area is 128 Å². The zero-order valence-corrected chi connectivity index (χ0v) is 13.3. The van der Waals surface area contributed by atoms with Gasteiger partial charge in [0.05, 0.1) is 6.10 Å². The zero-order valence-electron chi connectivity index (χ0n) is 11.7. The fourth-order valence-corrected chi connectivity index (χ4v) is 3.11. The average Bonchev–Trinajstić information content (AvgIpc) is 2.39. The molecule has 1 saturated heterocycles. The molecule has 1 aliphatic heterocycles. The molecule has 4 nitrogen and oxygen atoms in total. The van der Waals surface area contributed by atoms with Gasteiger partial charge in [0.15, 0.2) is 0 Å². The third-order valence-corrected chi connectivity index (χ3v) is 4.13. The van der Waals surface area contributed by atoms with Crippen LogP contribution in [0.15, 0.2) is 28.7 Å². The molecule has 1 aromatic rings. The molecule has 2 rings (SSSR count). The highest BCUT2D eigenvalue weighted by Gasteiger charge is 2.26. The van der Waals surface area contributed by atoms with Crippen LogP contribution in [0.25, 0.3) is 0 Å². The van der Waals surface area contributed by atoms with Crippen molar-refractivity contribution in [2.45, 2.75) is 31.4 Å². The van der Waals surface area contributed by atoms with E-state index >= 15 is 0 Å². The summed E-state index contributed by atoms with van der Waals surface area (Å²) < 4.78 is 6.68. The molecule has 20 heavy (non-hydrogen) atoms. The van der Waals surface area contributed by atoms with Gasteiger partial charge in [-0.25, -0.2) is 0 Å². The lowest BCUT2D eigenvalue weighted by atomic mass is 10.0. The third kappa shape index (κ3) is 4.04. The number of carbonyl (C=O) groups excluding carboxylic acids is 1. The molecule has 1 fully saturated rings. The van der Waals surface area contributed by atoms with Crippen molar-refractivity contribution in [3.63, 3.8) is 0 Å². The number of hydrogen-bond acceptors (Lipinski definition) is 3. The van der Waals surface area contributed by atoms with Gasteiger partial charge >= 0.3 is 0 Å². The summed E-state index contributed by atoms with van der Waals surface area (Å²) in [7, 11) is 1.92. The summed E-state index contributed by atoms with van der Waals surface area (Å²) in [6, 6.07) is 7.30. The second-order valence-electron chi connectivity index (χ2n) is 5.29. The van der Waals surface area contributed by atoms with Gasteiger partial charge in [0.1, 0.15) is 6.04 Å². The van der Waals surface area contributed by atoms with Crippen molar-refractivity contribution in [2.24, 2.45) is 5.73 Å². The fraction of sp³-hybridized carbons (Fsp3) is 0.533. The van der Waals surface area contributed by atoms with E-state index in [-0.39, 0.29) is 12.0 Å². The molecule has 110 valence electrons. The van der Waals surface area contributed by atoms with Gasteiger partial charge < -0.3 is 10.5 Å². The van der Waals surface area contributed by atoms with Crippen molar-refractivity contribution in [1.82, 2.24) is 4.90 Å². The quantitative estimate of drug-likeness (QED) is 0.895. The standard InChI is InChI=1S/C15H21BrN2O2/c1-18(10-13-7-2-3-8-20-13)14(15(17)19)11-5-4-6-12(16)9-11/h4-6,9,13-14H,2-3,7-8,10H2,1H3,(H2,17,19)/t13-,14-/m0/s1. The first kappa shape index (κ1) is 15.5. The van der Waals surface area contributed by atoms with Gasteiger partial charge in [-0.2, -0.15) is 0 Å². The van der Waals surface area contributed by atoms with Crippen molar-refractivity contribution in [3.8, 4) is 0 Å². The smallest absolute Gasteiger partial charge is 0.239 e. The predicted molar refractivity (Wildman–Crippen MR) is 82.3 cm³/mol. The number of primary amides is 1. The minimum Gasteiger partial charge on any atom is -0.377 e. The van der Waals surface area contributed by atoms with Crippen LogP contribution in [-0.4, -0.2) is 37.1 Å². The Balaban J connectivity index is 2.09. The van der Waals surface area contributed by atoms with Gasteiger partial charge in [0.2, 0.25) is 5.91 Å². The lowest BCUT2D eigenvalue weighted by molar-refractivity contribution is -0.123. The molecule has 0 saturated carbocycles. The maximum atomic E-state index is 11.8. The maximum absolute atomic E-state index is 11.8. The highest BCUT2D eigenvalue weighted by molar-refractivity contribution is 9.10. The highest BCUT2D eigenvalue weighted by Crippen LogP contribution is 2.24. The Morgan fingerprint density at radius 1 is 1.55 bits per heavy atom. The molecule has 1 aromatic carbocycles. The average molecular weight is 341 g/mol. The molecule has 2 N–H and O–H groups in total. The molecule has 0 aromatic heterocycles. The molecule has 2 atom stereocenters. The second kappa shape index (κ2) is 7.20. The van der Waals surface area contributed by atoms with Crippen LogP contribution >= 0.6 is 15.9 Å². The second-order valence-corrected chi connectivity index (χ2v) is 6.20. The summed E-state index contributed by atoms with van der Waals surface area (Å²) in [6.07, 6.45) is 3.57. The number of ether oxygens (including phenoxy) is 1. The van der Waals surface area contributed by atoms with Crippen LogP contribution in [0.4, 0.5) is 0 Å². The summed E-state index contributed by atoms with van der Waals surface area (Å²) in [5.74, 6) is -0.332. The molecule has 1 aliphatic rings. The lowest BCUT2D eigenvalue weighted by Gasteiger charge is -2.31. The number of carbonyl (C=O) groups is 1. The van der Waals surface area contributed by atoms with Gasteiger partial charge in [-0.05, 0) is 44.0 Å². The number of nitrogens with zero attached hydrogens (tertiary/aromatic N) is 1. The number of hydrogen-bond donors (Lipinski definition) is 1. The van der Waals surface area contributed by atoms with Gasteiger partial charge in [-0.15, -0.1) is 0 Å². The number of likely N-dealkylation sites (N-methyl/N-ethyl adjacent to an activating group) is 1. The van der Waals surface area contributed by atoms with Crippen molar-refractivity contribution in [3.05, 3.63) is 34.3 Å². The minimum absolute atomic E-state index is 0.197. The van der Waals surface area contributed by atoms with E-state index in [1.165, 1.54) is 6.42 Å². The Morgan fingerprint density at radius 3 is 2.95 bits per heavy atom. The normalized spacial score (nSPS) is 20.9. The Hall–Kier alpha value is -0.910. The number of amides is 1. The maximum Gasteiger partial charge on any atom is 0.239 e. The van der Waals surface area contributed by atoms with Gasteiger partial charge in [0.25, 0.3) is 0 Å². The first-order valence-corrected chi connectivity index (χ1v) is 7.74. The summed E-state index contributed by atoms with van der Waals surface area (Å²) >= 11 is 3.43. The highest BCUT2D eigenvalue weighted by atomic mass is 79.9. The van der Waals surface area contributed by atoms with E-state index in [0.717, 1.165) is 36.0 Å². The molecular formula is C15H21BrN2O2. The van der Waals surface area contributed by atoms with Crippen molar-refractivity contribution >= 4 is 21.8 Å². The Bertz CT molecular complexity index is 461. The van der Waals surface area contributed by atoms with E-state index in [1.54, 1.807) is 0 Å². The van der Waals surface area contributed by atoms with E-state index in [1.807, 2.05) is 36.2 Å². The van der Waals surface area contributed by atoms with Crippen molar-refractivity contribution < 1.29 is 9.53 Å². The van der Waals surface area contributed by atoms with Crippen molar-refractivity contribution in [1.29, 1.82) is 0 Å². The van der Waals surface area contributed by atoms with Crippen molar-refractivity contribution in [2.75, 3.05) is 20.2 Å². The Kier molecular flexibility index (Phi) is 5.57. The molecule has 5 heteroatoms. The monoisotopic (exact) mass is 340 g/mol. The minimum atomic E-state index is -0.418. The topological polar surface area (TPSA) is 55.6 Å². The molecular weight excluding hydrogens is 320 g/mol. The number of benzene rings is 1. The summed E-state index contributed by atoms with van der Waals surface area (Å²) in [6.45, 7) is 1.54. The Morgan fingerprint density at radius 2 is 2.35 bits per heavy atom. The number of halogens is 1. The fourth-order valence-electron chi connectivity index (χ4n) is 2.69. The number of nitrogens with two attached hydrogens (primary N) is 1. The third-order valence-electron chi connectivity index (χ3n) is 3.64. The molecule has 0 radical (unpaired) electrons. The molecule has 0 bridgehead atoms. The molecule has 1 heterocycles. The van der Waals surface area contributed by atoms with Crippen LogP contribution in [0.3, 0.4) is 0 Å². The van der Waals surface area contributed by atoms with Crippen LogP contribution in [0.2, 0.25) is 0 Å². The van der Waals surface area contributed by atoms with E-state index in [0.29, 0.717) is 0 Å². The van der Waals surface area contributed by atoms with E-state index in [4.69, 9.17) is 10.5 Å². The first-order chi connectivity index (χ1) is 9.58. The zero-order chi connectivity index (χ0) is 14.5. The van der Waals surface area contributed by atoms with Crippen LogP contribution in [0.5, 0.6) is 0 Å². The SMILES string of the molecule is CN(C[C@@H]1CCCCO1)[C@H](C(N)=O)c1cccc(Br)c1. The van der Waals surface area contributed by atoms with Crippen LogP contribution in [0, 0.1) is 0 Å². The molecule has 1 amide bonds. The van der Waals surface area contributed by atoms with Gasteiger partial charge in [-0.3, -0.25) is 9.69 Å². The molecule has 0 unspecified atom stereocenters. The summed E-state index contributed by atoms with van der Waals surface area (Å²) in [5.41, 5.74) is 6.50. The predicted octanol–water partition coefficient (Wildman–Crippen LogP) is 2.48.